The van der Waals surface area contributed by atoms with Crippen molar-refractivity contribution in [2.24, 2.45) is 0 Å². The summed E-state index contributed by atoms with van der Waals surface area (Å²) in [6.07, 6.45) is 0. The number of benzene rings is 2. The average molecular weight is 305 g/mol. The predicted molar refractivity (Wildman–Crippen MR) is 81.8 cm³/mol. The Kier molecular flexibility index (Phi) is 3.38. The van der Waals surface area contributed by atoms with E-state index in [1.165, 1.54) is 4.68 Å². The number of hydrogen-bond donors (Lipinski definition) is 1. The van der Waals surface area contributed by atoms with Crippen LogP contribution in [0.25, 0.3) is 16.9 Å². The van der Waals surface area contributed by atoms with Gasteiger partial charge in [0, 0.05) is 6.07 Å². The maximum absolute atomic E-state index is 12.1. The molecule has 0 radical (unpaired) electrons. The molecule has 100 valence electrons. The summed E-state index contributed by atoms with van der Waals surface area (Å²) in [5.74, 6) is 0. The average Bonchev–Trinajstić information content (AvgIpc) is 2.85. The summed E-state index contributed by atoms with van der Waals surface area (Å²) >= 11 is 11.9. The molecule has 0 atom stereocenters. The third kappa shape index (κ3) is 2.38. The van der Waals surface area contributed by atoms with Gasteiger partial charge in [-0.2, -0.15) is 0 Å². The molecule has 0 bridgehead atoms. The van der Waals surface area contributed by atoms with Gasteiger partial charge in [0.25, 0.3) is 5.56 Å². The second-order valence-corrected chi connectivity index (χ2v) is 5.12. The number of hydrogen-bond acceptors (Lipinski definition) is 1. The Hall–Kier alpha value is -1.97. The Bertz CT molecular complexity index is 806. The first-order valence-corrected chi connectivity index (χ1v) is 6.73. The number of H-pyrrole nitrogens is 1. The first-order valence-electron chi connectivity index (χ1n) is 5.98. The van der Waals surface area contributed by atoms with Gasteiger partial charge in [0.2, 0.25) is 0 Å². The molecule has 20 heavy (non-hydrogen) atoms. The van der Waals surface area contributed by atoms with Gasteiger partial charge in [0.05, 0.1) is 21.4 Å². The van der Waals surface area contributed by atoms with E-state index in [-0.39, 0.29) is 5.56 Å². The molecule has 1 heterocycles. The number of nitrogens with zero attached hydrogens (tertiary/aromatic N) is 1. The van der Waals surface area contributed by atoms with Gasteiger partial charge in [-0.3, -0.25) is 9.89 Å². The highest BCUT2D eigenvalue weighted by molar-refractivity contribution is 6.42. The van der Waals surface area contributed by atoms with Gasteiger partial charge in [-0.05, 0) is 23.8 Å². The minimum atomic E-state index is -0.151. The lowest BCUT2D eigenvalue weighted by molar-refractivity contribution is 0.852. The highest BCUT2D eigenvalue weighted by Gasteiger charge is 2.08. The SMILES string of the molecule is O=c1cc(-c2ccccc2)[nH]n1-c1ccc(Cl)c(Cl)c1. The van der Waals surface area contributed by atoms with E-state index < -0.39 is 0 Å². The summed E-state index contributed by atoms with van der Waals surface area (Å²) < 4.78 is 1.44. The van der Waals surface area contributed by atoms with E-state index in [0.29, 0.717) is 15.7 Å². The molecule has 5 heteroatoms. The lowest BCUT2D eigenvalue weighted by atomic mass is 10.2. The van der Waals surface area contributed by atoms with Gasteiger partial charge in [0.1, 0.15) is 0 Å². The molecular weight excluding hydrogens is 295 g/mol. The van der Waals surface area contributed by atoms with Gasteiger partial charge < -0.3 is 0 Å². The van der Waals surface area contributed by atoms with Crippen molar-refractivity contribution >= 4 is 23.2 Å². The normalized spacial score (nSPS) is 10.7. The van der Waals surface area contributed by atoms with Gasteiger partial charge in [0.15, 0.2) is 0 Å². The third-order valence-electron chi connectivity index (χ3n) is 2.97. The highest BCUT2D eigenvalue weighted by atomic mass is 35.5. The van der Waals surface area contributed by atoms with E-state index in [1.54, 1.807) is 24.3 Å². The third-order valence-corrected chi connectivity index (χ3v) is 3.71. The lowest BCUT2D eigenvalue weighted by Crippen LogP contribution is -2.13. The molecule has 0 aliphatic rings. The van der Waals surface area contributed by atoms with Crippen LogP contribution < -0.4 is 5.56 Å². The van der Waals surface area contributed by atoms with Crippen molar-refractivity contribution < 1.29 is 0 Å². The Morgan fingerprint density at radius 1 is 0.900 bits per heavy atom. The zero-order valence-corrected chi connectivity index (χ0v) is 11.8. The van der Waals surface area contributed by atoms with E-state index in [9.17, 15) is 4.79 Å². The fourth-order valence-corrected chi connectivity index (χ4v) is 2.27. The van der Waals surface area contributed by atoms with Crippen LogP contribution in [0.5, 0.6) is 0 Å². The van der Waals surface area contributed by atoms with E-state index in [2.05, 4.69) is 5.10 Å². The number of nitrogens with one attached hydrogen (secondary N) is 1. The van der Waals surface area contributed by atoms with Gasteiger partial charge in [-0.25, -0.2) is 4.68 Å². The summed E-state index contributed by atoms with van der Waals surface area (Å²) in [6.45, 7) is 0. The molecule has 1 N–H and O–H groups in total. The molecule has 0 spiro atoms. The Morgan fingerprint density at radius 2 is 1.65 bits per heavy atom. The number of aromatic nitrogens is 2. The molecule has 1 aromatic heterocycles. The number of rotatable bonds is 2. The van der Waals surface area contributed by atoms with Crippen LogP contribution in [0, 0.1) is 0 Å². The highest BCUT2D eigenvalue weighted by Crippen LogP contribution is 2.24. The molecule has 0 unspecified atom stereocenters. The molecule has 3 nitrogen and oxygen atoms in total. The van der Waals surface area contributed by atoms with Crippen molar-refractivity contribution in [3.05, 3.63) is 75.0 Å². The smallest absolute Gasteiger partial charge is 0.271 e. The van der Waals surface area contributed by atoms with Crippen LogP contribution in [0.3, 0.4) is 0 Å². The fraction of sp³-hybridized carbons (Fsp3) is 0. The largest absolute Gasteiger partial charge is 0.290 e. The van der Waals surface area contributed by atoms with E-state index in [4.69, 9.17) is 23.2 Å². The molecule has 0 aliphatic heterocycles. The van der Waals surface area contributed by atoms with Crippen molar-refractivity contribution in [3.63, 3.8) is 0 Å². The van der Waals surface area contributed by atoms with Gasteiger partial charge in [-0.15, -0.1) is 0 Å². The van der Waals surface area contributed by atoms with Crippen LogP contribution in [-0.4, -0.2) is 9.78 Å². The first kappa shape index (κ1) is 13.0. The molecule has 0 saturated carbocycles. The summed E-state index contributed by atoms with van der Waals surface area (Å²) in [6, 6.07) is 16.2. The quantitative estimate of drug-likeness (QED) is 0.759. The Balaban J connectivity index is 2.10. The second-order valence-electron chi connectivity index (χ2n) is 4.31. The monoisotopic (exact) mass is 304 g/mol. The van der Waals surface area contributed by atoms with Crippen molar-refractivity contribution in [3.8, 4) is 16.9 Å². The maximum Gasteiger partial charge on any atom is 0.271 e. The summed E-state index contributed by atoms with van der Waals surface area (Å²) in [5.41, 5.74) is 2.19. The summed E-state index contributed by atoms with van der Waals surface area (Å²) in [4.78, 5) is 12.1. The number of halogens is 2. The lowest BCUT2D eigenvalue weighted by Gasteiger charge is -2.04. The molecule has 2 aromatic carbocycles. The zero-order chi connectivity index (χ0) is 14.1. The summed E-state index contributed by atoms with van der Waals surface area (Å²) in [5, 5.41) is 3.93. The second kappa shape index (κ2) is 5.19. The molecular formula is C15H10Cl2N2O. The van der Waals surface area contributed by atoms with Gasteiger partial charge in [-0.1, -0.05) is 53.5 Å². The summed E-state index contributed by atoms with van der Waals surface area (Å²) in [7, 11) is 0. The van der Waals surface area contributed by atoms with E-state index in [0.717, 1.165) is 11.3 Å². The van der Waals surface area contributed by atoms with Crippen LogP contribution in [0.15, 0.2) is 59.4 Å². The van der Waals surface area contributed by atoms with Crippen molar-refractivity contribution in [1.82, 2.24) is 9.78 Å². The van der Waals surface area contributed by atoms with Crippen LogP contribution >= 0.6 is 23.2 Å². The van der Waals surface area contributed by atoms with Crippen LogP contribution in [0.1, 0.15) is 0 Å². The molecule has 0 fully saturated rings. The van der Waals surface area contributed by atoms with Gasteiger partial charge >= 0.3 is 0 Å². The number of aromatic amines is 1. The Labute approximate surface area is 125 Å². The van der Waals surface area contributed by atoms with Crippen LogP contribution in [0.2, 0.25) is 10.0 Å². The van der Waals surface area contributed by atoms with Crippen LogP contribution in [0.4, 0.5) is 0 Å². The van der Waals surface area contributed by atoms with E-state index >= 15 is 0 Å². The first-order chi connectivity index (χ1) is 9.65. The zero-order valence-electron chi connectivity index (χ0n) is 10.3. The fourth-order valence-electron chi connectivity index (χ4n) is 1.98. The van der Waals surface area contributed by atoms with Crippen molar-refractivity contribution in [1.29, 1.82) is 0 Å². The predicted octanol–water partition coefficient (Wildman–Crippen LogP) is 4.14. The minimum Gasteiger partial charge on any atom is -0.290 e. The Morgan fingerprint density at radius 3 is 2.35 bits per heavy atom. The van der Waals surface area contributed by atoms with Crippen molar-refractivity contribution in [2.75, 3.05) is 0 Å². The molecule has 0 amide bonds. The molecule has 3 aromatic rings. The topological polar surface area (TPSA) is 37.8 Å². The maximum atomic E-state index is 12.1. The standard InChI is InChI=1S/C15H10Cl2N2O/c16-12-7-6-11(8-13(12)17)19-15(20)9-14(18-19)10-4-2-1-3-5-10/h1-9,18H. The molecule has 0 saturated heterocycles. The van der Waals surface area contributed by atoms with Crippen molar-refractivity contribution in [2.45, 2.75) is 0 Å². The van der Waals surface area contributed by atoms with Crippen LogP contribution in [-0.2, 0) is 0 Å². The van der Waals surface area contributed by atoms with E-state index in [1.807, 2.05) is 30.3 Å². The molecule has 0 aliphatic carbocycles. The molecule has 3 rings (SSSR count). The minimum absolute atomic E-state index is 0.151.